The SMILES string of the molecule is O=C(CNc1ccccc1OCC(F)(F)F)Nc1ccccc1Cl. The Bertz CT molecular complexity index is 708. The molecule has 1 amide bonds. The van der Waals surface area contributed by atoms with Crippen LogP contribution in [0.2, 0.25) is 5.02 Å². The molecule has 0 unspecified atom stereocenters. The molecule has 0 saturated carbocycles. The Kier molecular flexibility index (Phi) is 5.92. The van der Waals surface area contributed by atoms with Crippen molar-refractivity contribution < 1.29 is 22.7 Å². The average molecular weight is 359 g/mol. The first kappa shape index (κ1) is 17.9. The van der Waals surface area contributed by atoms with Gasteiger partial charge in [0.2, 0.25) is 5.91 Å². The minimum absolute atomic E-state index is 0.0142. The third-order valence-corrected chi connectivity index (χ3v) is 3.20. The minimum atomic E-state index is -4.44. The van der Waals surface area contributed by atoms with E-state index in [1.165, 1.54) is 12.1 Å². The number of hydrogen-bond acceptors (Lipinski definition) is 3. The number of anilines is 2. The molecule has 0 aliphatic rings. The number of amides is 1. The van der Waals surface area contributed by atoms with Crippen LogP contribution in [0.4, 0.5) is 24.5 Å². The van der Waals surface area contributed by atoms with E-state index in [0.717, 1.165) is 0 Å². The number of alkyl halides is 3. The smallest absolute Gasteiger partial charge is 0.422 e. The zero-order chi connectivity index (χ0) is 17.6. The molecule has 0 aliphatic heterocycles. The monoisotopic (exact) mass is 358 g/mol. The van der Waals surface area contributed by atoms with Gasteiger partial charge >= 0.3 is 6.18 Å². The van der Waals surface area contributed by atoms with Crippen LogP contribution >= 0.6 is 11.6 Å². The van der Waals surface area contributed by atoms with Crippen LogP contribution in [0.3, 0.4) is 0 Å². The molecule has 0 saturated heterocycles. The van der Waals surface area contributed by atoms with Gasteiger partial charge in [0, 0.05) is 0 Å². The van der Waals surface area contributed by atoms with Gasteiger partial charge in [-0.15, -0.1) is 0 Å². The fraction of sp³-hybridized carbons (Fsp3) is 0.188. The predicted molar refractivity (Wildman–Crippen MR) is 86.6 cm³/mol. The van der Waals surface area contributed by atoms with Crippen molar-refractivity contribution >= 4 is 28.9 Å². The van der Waals surface area contributed by atoms with E-state index in [9.17, 15) is 18.0 Å². The Hall–Kier alpha value is -2.41. The molecular formula is C16H14ClF3N2O2. The summed E-state index contributed by atoms with van der Waals surface area (Å²) in [6.07, 6.45) is -4.44. The highest BCUT2D eigenvalue weighted by molar-refractivity contribution is 6.33. The van der Waals surface area contributed by atoms with Crippen molar-refractivity contribution in [1.29, 1.82) is 0 Å². The summed E-state index contributed by atoms with van der Waals surface area (Å²) < 4.78 is 41.5. The Balaban J connectivity index is 1.94. The molecule has 0 spiro atoms. The molecule has 128 valence electrons. The van der Waals surface area contributed by atoms with Crippen molar-refractivity contribution in [2.75, 3.05) is 23.8 Å². The third-order valence-electron chi connectivity index (χ3n) is 2.87. The first-order valence-electron chi connectivity index (χ1n) is 6.92. The second-order valence-corrected chi connectivity index (χ2v) is 5.19. The number of carbonyl (C=O) groups is 1. The molecule has 0 atom stereocenters. The zero-order valence-corrected chi connectivity index (χ0v) is 13.1. The Morgan fingerprint density at radius 1 is 1.04 bits per heavy atom. The highest BCUT2D eigenvalue weighted by Gasteiger charge is 2.28. The third kappa shape index (κ3) is 5.66. The van der Waals surface area contributed by atoms with Crippen LogP contribution in [0.25, 0.3) is 0 Å². The molecule has 0 bridgehead atoms. The van der Waals surface area contributed by atoms with Gasteiger partial charge in [0.1, 0.15) is 5.75 Å². The first-order valence-corrected chi connectivity index (χ1v) is 7.30. The molecule has 0 fully saturated rings. The lowest BCUT2D eigenvalue weighted by atomic mass is 10.3. The van der Waals surface area contributed by atoms with Gasteiger partial charge in [0.15, 0.2) is 6.61 Å². The Morgan fingerprint density at radius 3 is 2.33 bits per heavy atom. The van der Waals surface area contributed by atoms with Gasteiger partial charge in [0.25, 0.3) is 0 Å². The molecule has 2 aromatic carbocycles. The molecule has 8 heteroatoms. The summed E-state index contributed by atoms with van der Waals surface area (Å²) in [4.78, 5) is 11.9. The number of carbonyl (C=O) groups excluding carboxylic acids is 1. The van der Waals surface area contributed by atoms with Gasteiger partial charge < -0.3 is 15.4 Å². The van der Waals surface area contributed by atoms with Crippen LogP contribution in [0.15, 0.2) is 48.5 Å². The van der Waals surface area contributed by atoms with Gasteiger partial charge in [-0.25, -0.2) is 0 Å². The van der Waals surface area contributed by atoms with Crippen LogP contribution in [0.1, 0.15) is 0 Å². The highest BCUT2D eigenvalue weighted by atomic mass is 35.5. The van der Waals surface area contributed by atoms with Gasteiger partial charge in [-0.05, 0) is 24.3 Å². The molecule has 0 aliphatic carbocycles. The van der Waals surface area contributed by atoms with Crippen LogP contribution < -0.4 is 15.4 Å². The first-order chi connectivity index (χ1) is 11.3. The fourth-order valence-corrected chi connectivity index (χ4v) is 2.01. The van der Waals surface area contributed by atoms with E-state index < -0.39 is 18.7 Å². The van der Waals surface area contributed by atoms with E-state index in [1.54, 1.807) is 36.4 Å². The second kappa shape index (κ2) is 7.92. The summed E-state index contributed by atoms with van der Waals surface area (Å²) in [5, 5.41) is 5.73. The number of halogens is 4. The summed E-state index contributed by atoms with van der Waals surface area (Å²) in [5.41, 5.74) is 0.739. The average Bonchev–Trinajstić information content (AvgIpc) is 2.53. The maximum absolute atomic E-state index is 12.2. The number of nitrogens with one attached hydrogen (secondary N) is 2. The van der Waals surface area contributed by atoms with Gasteiger partial charge in [0.05, 0.1) is 22.9 Å². The number of para-hydroxylation sites is 3. The number of rotatable bonds is 6. The number of hydrogen-bond donors (Lipinski definition) is 2. The number of ether oxygens (including phenoxy) is 1. The largest absolute Gasteiger partial charge is 0.482 e. The normalized spacial score (nSPS) is 11.0. The molecule has 2 rings (SSSR count). The highest BCUT2D eigenvalue weighted by Crippen LogP contribution is 2.26. The molecule has 2 N–H and O–H groups in total. The van der Waals surface area contributed by atoms with Gasteiger partial charge in [-0.1, -0.05) is 35.9 Å². The molecule has 24 heavy (non-hydrogen) atoms. The van der Waals surface area contributed by atoms with E-state index in [1.807, 2.05) is 0 Å². The van der Waals surface area contributed by atoms with E-state index in [-0.39, 0.29) is 18.0 Å². The van der Waals surface area contributed by atoms with Crippen LogP contribution in [-0.2, 0) is 4.79 Å². The van der Waals surface area contributed by atoms with Gasteiger partial charge in [-0.3, -0.25) is 4.79 Å². The molecule has 2 aromatic rings. The summed E-state index contributed by atoms with van der Waals surface area (Å²) in [7, 11) is 0. The van der Waals surface area contributed by atoms with Gasteiger partial charge in [-0.2, -0.15) is 13.2 Å². The van der Waals surface area contributed by atoms with Crippen LogP contribution in [-0.4, -0.2) is 25.2 Å². The maximum Gasteiger partial charge on any atom is 0.422 e. The lowest BCUT2D eigenvalue weighted by molar-refractivity contribution is -0.153. The van der Waals surface area contributed by atoms with Crippen molar-refractivity contribution in [2.45, 2.75) is 6.18 Å². The molecule has 0 radical (unpaired) electrons. The summed E-state index contributed by atoms with van der Waals surface area (Å²) in [6, 6.07) is 12.8. The van der Waals surface area contributed by atoms with E-state index >= 15 is 0 Å². The standard InChI is InChI=1S/C16H14ClF3N2O2/c17-11-5-1-2-6-12(11)22-15(23)9-21-13-7-3-4-8-14(13)24-10-16(18,19)20/h1-8,21H,9-10H2,(H,22,23). The summed E-state index contributed by atoms with van der Waals surface area (Å²) in [6.45, 7) is -1.56. The minimum Gasteiger partial charge on any atom is -0.482 e. The quantitative estimate of drug-likeness (QED) is 0.808. The van der Waals surface area contributed by atoms with Crippen molar-refractivity contribution in [3.63, 3.8) is 0 Å². The fourth-order valence-electron chi connectivity index (χ4n) is 1.83. The van der Waals surface area contributed by atoms with E-state index in [0.29, 0.717) is 10.7 Å². The molecule has 4 nitrogen and oxygen atoms in total. The van der Waals surface area contributed by atoms with E-state index in [2.05, 4.69) is 10.6 Å². The lowest BCUT2D eigenvalue weighted by Crippen LogP contribution is -2.23. The Morgan fingerprint density at radius 2 is 1.67 bits per heavy atom. The van der Waals surface area contributed by atoms with Crippen molar-refractivity contribution in [3.05, 3.63) is 53.6 Å². The van der Waals surface area contributed by atoms with Crippen molar-refractivity contribution in [1.82, 2.24) is 0 Å². The van der Waals surface area contributed by atoms with Crippen molar-refractivity contribution in [3.8, 4) is 5.75 Å². The second-order valence-electron chi connectivity index (χ2n) is 4.78. The van der Waals surface area contributed by atoms with E-state index in [4.69, 9.17) is 16.3 Å². The van der Waals surface area contributed by atoms with Crippen molar-refractivity contribution in [2.24, 2.45) is 0 Å². The van der Waals surface area contributed by atoms with Crippen LogP contribution in [0.5, 0.6) is 5.75 Å². The maximum atomic E-state index is 12.2. The van der Waals surface area contributed by atoms with Crippen LogP contribution in [0, 0.1) is 0 Å². The number of benzene rings is 2. The lowest BCUT2D eigenvalue weighted by Gasteiger charge is -2.14. The molecule has 0 aromatic heterocycles. The summed E-state index contributed by atoms with van der Waals surface area (Å²) >= 11 is 5.93. The predicted octanol–water partition coefficient (Wildman–Crippen LogP) is 4.33. The topological polar surface area (TPSA) is 50.4 Å². The zero-order valence-electron chi connectivity index (χ0n) is 12.4. The Labute approximate surface area is 141 Å². The summed E-state index contributed by atoms with van der Waals surface area (Å²) in [5.74, 6) is -0.380. The molecular weight excluding hydrogens is 345 g/mol. The molecule has 0 heterocycles.